The van der Waals surface area contributed by atoms with E-state index >= 15 is 0 Å². The van der Waals surface area contributed by atoms with Gasteiger partial charge in [-0.25, -0.2) is 9.80 Å². The number of amides is 1. The van der Waals surface area contributed by atoms with Gasteiger partial charge in [0.25, 0.3) is 5.91 Å². The summed E-state index contributed by atoms with van der Waals surface area (Å²) >= 11 is 1.55. The van der Waals surface area contributed by atoms with E-state index in [1.165, 1.54) is 5.01 Å². The maximum Gasteiger partial charge on any atom is 0.374 e. The lowest BCUT2D eigenvalue weighted by atomic mass is 10.0. The molecule has 35 heavy (non-hydrogen) atoms. The molecule has 0 saturated carbocycles. The molecule has 1 amide bonds. The molecule has 2 aromatic heterocycles. The number of hydrazone groups is 1. The highest BCUT2D eigenvalue weighted by atomic mass is 32.1. The van der Waals surface area contributed by atoms with Crippen LogP contribution in [-0.4, -0.2) is 43.4 Å². The number of carbonyl (C=O) groups is 2. The molecule has 1 atom stereocenters. The largest absolute Gasteiger partial charge is 0.493 e. The molecular formula is C26H22N2O6S. The summed E-state index contributed by atoms with van der Waals surface area (Å²) in [6.07, 6.45) is 0.513. The number of esters is 1. The highest BCUT2D eigenvalue weighted by Crippen LogP contribution is 2.38. The Balaban J connectivity index is 1.37. The molecule has 8 nitrogen and oxygen atoms in total. The van der Waals surface area contributed by atoms with E-state index in [-0.39, 0.29) is 11.8 Å². The van der Waals surface area contributed by atoms with Gasteiger partial charge in [0.15, 0.2) is 18.1 Å². The van der Waals surface area contributed by atoms with Gasteiger partial charge in [-0.05, 0) is 41.3 Å². The van der Waals surface area contributed by atoms with E-state index in [9.17, 15) is 9.59 Å². The summed E-state index contributed by atoms with van der Waals surface area (Å²) in [5, 5.41) is 8.72. The third-order valence-corrected chi connectivity index (χ3v) is 6.64. The Labute approximate surface area is 205 Å². The molecule has 0 spiro atoms. The molecule has 0 saturated heterocycles. The number of rotatable bonds is 7. The second kappa shape index (κ2) is 9.63. The molecule has 4 aromatic rings. The number of benzene rings is 2. The molecule has 9 heteroatoms. The molecule has 0 fully saturated rings. The quantitative estimate of drug-likeness (QED) is 0.337. The average Bonchev–Trinajstić information content (AvgIpc) is 3.65. The zero-order chi connectivity index (χ0) is 24.4. The lowest BCUT2D eigenvalue weighted by Gasteiger charge is -2.22. The van der Waals surface area contributed by atoms with Crippen LogP contribution in [0.25, 0.3) is 11.0 Å². The van der Waals surface area contributed by atoms with Gasteiger partial charge in [0.1, 0.15) is 5.58 Å². The van der Waals surface area contributed by atoms with Gasteiger partial charge in [0.2, 0.25) is 5.76 Å². The predicted octanol–water partition coefficient (Wildman–Crippen LogP) is 5.05. The molecule has 0 bridgehead atoms. The number of para-hydroxylation sites is 1. The first-order valence-corrected chi connectivity index (χ1v) is 11.8. The number of methoxy groups -OCH3 is 2. The minimum atomic E-state index is -0.709. The number of carbonyl (C=O) groups excluding carboxylic acids is 2. The number of furan rings is 1. The van der Waals surface area contributed by atoms with Gasteiger partial charge < -0.3 is 18.6 Å². The first-order valence-electron chi connectivity index (χ1n) is 10.9. The zero-order valence-electron chi connectivity index (χ0n) is 19.1. The van der Waals surface area contributed by atoms with Crippen molar-refractivity contribution < 1.29 is 28.2 Å². The topological polar surface area (TPSA) is 90.6 Å². The Bertz CT molecular complexity index is 1380. The Hall–Kier alpha value is -4.11. The predicted molar refractivity (Wildman–Crippen MR) is 131 cm³/mol. The van der Waals surface area contributed by atoms with E-state index in [1.807, 2.05) is 47.8 Å². The van der Waals surface area contributed by atoms with Crippen molar-refractivity contribution in [2.45, 2.75) is 12.5 Å². The smallest absolute Gasteiger partial charge is 0.374 e. The SMILES string of the molecule is COc1ccc(C2CC(c3cccs3)=NN2C(=O)COC(=O)c2cc3ccccc3o2)cc1OC. The molecule has 1 aliphatic rings. The van der Waals surface area contributed by atoms with E-state index in [0.29, 0.717) is 23.5 Å². The van der Waals surface area contributed by atoms with Crippen LogP contribution in [0.5, 0.6) is 11.5 Å². The Kier molecular flexibility index (Phi) is 6.24. The zero-order valence-corrected chi connectivity index (χ0v) is 19.9. The van der Waals surface area contributed by atoms with Gasteiger partial charge in [-0.2, -0.15) is 5.10 Å². The number of hydrogen-bond acceptors (Lipinski definition) is 8. The third kappa shape index (κ3) is 4.50. The van der Waals surface area contributed by atoms with Crippen molar-refractivity contribution in [3.63, 3.8) is 0 Å². The summed E-state index contributed by atoms with van der Waals surface area (Å²) in [7, 11) is 3.13. The van der Waals surface area contributed by atoms with Crippen molar-refractivity contribution in [2.75, 3.05) is 20.8 Å². The monoisotopic (exact) mass is 490 g/mol. The van der Waals surface area contributed by atoms with Crippen molar-refractivity contribution in [1.29, 1.82) is 0 Å². The first-order chi connectivity index (χ1) is 17.1. The third-order valence-electron chi connectivity index (χ3n) is 5.72. The number of hydrogen-bond donors (Lipinski definition) is 0. The summed E-state index contributed by atoms with van der Waals surface area (Å²) in [5.74, 6) is 0.0314. The molecule has 5 rings (SSSR count). The van der Waals surface area contributed by atoms with Crippen molar-refractivity contribution >= 4 is 39.9 Å². The van der Waals surface area contributed by atoms with Crippen LogP contribution in [0.1, 0.15) is 33.5 Å². The Morgan fingerprint density at radius 3 is 2.63 bits per heavy atom. The van der Waals surface area contributed by atoms with Crippen LogP contribution in [0, 0.1) is 0 Å². The van der Waals surface area contributed by atoms with Gasteiger partial charge in [-0.3, -0.25) is 4.79 Å². The minimum absolute atomic E-state index is 0.0413. The van der Waals surface area contributed by atoms with Gasteiger partial charge in [0, 0.05) is 11.8 Å². The minimum Gasteiger partial charge on any atom is -0.493 e. The average molecular weight is 491 g/mol. The Morgan fingerprint density at radius 1 is 1.06 bits per heavy atom. The Morgan fingerprint density at radius 2 is 1.89 bits per heavy atom. The highest BCUT2D eigenvalue weighted by Gasteiger charge is 2.34. The molecule has 178 valence electrons. The molecule has 1 aliphatic heterocycles. The fourth-order valence-electron chi connectivity index (χ4n) is 4.00. The number of thiophene rings is 1. The lowest BCUT2D eigenvalue weighted by molar-refractivity contribution is -0.136. The maximum atomic E-state index is 13.2. The van der Waals surface area contributed by atoms with Gasteiger partial charge in [-0.15, -0.1) is 11.3 Å². The second-order valence-corrected chi connectivity index (χ2v) is 8.77. The van der Waals surface area contributed by atoms with Crippen LogP contribution in [0.2, 0.25) is 0 Å². The number of fused-ring (bicyclic) bond motifs is 1. The van der Waals surface area contributed by atoms with E-state index in [0.717, 1.165) is 21.5 Å². The van der Waals surface area contributed by atoms with E-state index in [1.54, 1.807) is 43.8 Å². The molecule has 1 unspecified atom stereocenters. The van der Waals surface area contributed by atoms with Crippen molar-refractivity contribution in [3.8, 4) is 11.5 Å². The molecule has 3 heterocycles. The van der Waals surface area contributed by atoms with Crippen LogP contribution in [0.15, 0.2) is 75.6 Å². The van der Waals surface area contributed by atoms with Crippen molar-refractivity contribution in [1.82, 2.24) is 5.01 Å². The normalized spacial score (nSPS) is 15.2. The van der Waals surface area contributed by atoms with E-state index < -0.39 is 18.5 Å². The summed E-state index contributed by atoms with van der Waals surface area (Å²) < 4.78 is 21.6. The van der Waals surface area contributed by atoms with Crippen LogP contribution < -0.4 is 9.47 Å². The molecular weight excluding hydrogens is 468 g/mol. The second-order valence-electron chi connectivity index (χ2n) is 7.82. The van der Waals surface area contributed by atoms with Crippen LogP contribution in [0.3, 0.4) is 0 Å². The number of nitrogens with zero attached hydrogens (tertiary/aromatic N) is 2. The lowest BCUT2D eigenvalue weighted by Crippen LogP contribution is -2.31. The maximum absolute atomic E-state index is 13.2. The first kappa shape index (κ1) is 22.7. The fourth-order valence-corrected chi connectivity index (χ4v) is 4.72. The van der Waals surface area contributed by atoms with E-state index in [4.69, 9.17) is 18.6 Å². The molecule has 2 aromatic carbocycles. The van der Waals surface area contributed by atoms with Crippen molar-refractivity contribution in [3.05, 3.63) is 82.2 Å². The number of ether oxygens (including phenoxy) is 3. The van der Waals surface area contributed by atoms with Gasteiger partial charge in [0.05, 0.1) is 30.9 Å². The summed E-state index contributed by atoms with van der Waals surface area (Å²) in [4.78, 5) is 26.7. The molecule has 0 radical (unpaired) electrons. The van der Waals surface area contributed by atoms with Crippen LogP contribution in [-0.2, 0) is 9.53 Å². The summed E-state index contributed by atoms with van der Waals surface area (Å²) in [6, 6.07) is 17.9. The highest BCUT2D eigenvalue weighted by molar-refractivity contribution is 7.12. The molecule has 0 aliphatic carbocycles. The van der Waals surface area contributed by atoms with Crippen molar-refractivity contribution in [2.24, 2.45) is 5.10 Å². The standard InChI is InChI=1S/C26H22N2O6S/c1-31-21-10-9-16(12-22(21)32-2)19-14-18(24-8-5-11-35-24)27-28(19)25(29)15-33-26(30)23-13-17-6-3-4-7-20(17)34-23/h3-13,19H,14-15H2,1-2H3. The van der Waals surface area contributed by atoms with Gasteiger partial charge in [-0.1, -0.05) is 30.3 Å². The summed E-state index contributed by atoms with van der Waals surface area (Å²) in [5.41, 5.74) is 2.19. The van der Waals surface area contributed by atoms with E-state index in [2.05, 4.69) is 5.10 Å². The van der Waals surface area contributed by atoms with Crippen LogP contribution >= 0.6 is 11.3 Å². The summed E-state index contributed by atoms with van der Waals surface area (Å²) in [6.45, 7) is -0.471. The van der Waals surface area contributed by atoms with Gasteiger partial charge >= 0.3 is 5.97 Å². The molecule has 0 N–H and O–H groups in total. The van der Waals surface area contributed by atoms with Crippen LogP contribution in [0.4, 0.5) is 0 Å². The fraction of sp³-hybridized carbons (Fsp3) is 0.192.